The van der Waals surface area contributed by atoms with Crippen LogP contribution < -0.4 is 14.9 Å². The number of halogens is 1. The van der Waals surface area contributed by atoms with Gasteiger partial charge in [-0.2, -0.15) is 0 Å². The van der Waals surface area contributed by atoms with Crippen LogP contribution in [0.3, 0.4) is 0 Å². The summed E-state index contributed by atoms with van der Waals surface area (Å²) in [7, 11) is -1.84. The second kappa shape index (κ2) is 9.66. The lowest BCUT2D eigenvalue weighted by Gasteiger charge is -2.20. The van der Waals surface area contributed by atoms with Crippen LogP contribution in [0.15, 0.2) is 47.4 Å². The third kappa shape index (κ3) is 5.53. The van der Waals surface area contributed by atoms with Gasteiger partial charge in [-0.15, -0.1) is 0 Å². The number of hydrogen-bond donors (Lipinski definition) is 2. The van der Waals surface area contributed by atoms with E-state index in [0.717, 1.165) is 0 Å². The number of para-hydroxylation sites is 1. The van der Waals surface area contributed by atoms with E-state index in [1.54, 1.807) is 50.1 Å². The Kier molecular flexibility index (Phi) is 7.53. The highest BCUT2D eigenvalue weighted by molar-refractivity contribution is 7.89. The Morgan fingerprint density at radius 2 is 1.89 bits per heavy atom. The maximum Gasteiger partial charge on any atom is 0.251 e. The number of amides is 1. The number of sulfonamides is 1. The van der Waals surface area contributed by atoms with Crippen molar-refractivity contribution in [2.75, 3.05) is 31.6 Å². The van der Waals surface area contributed by atoms with Crippen molar-refractivity contribution in [1.82, 2.24) is 10.0 Å². The van der Waals surface area contributed by atoms with Crippen molar-refractivity contribution < 1.29 is 17.6 Å². The maximum atomic E-state index is 13.8. The van der Waals surface area contributed by atoms with Crippen molar-refractivity contribution in [3.05, 3.63) is 59.4 Å². The zero-order chi connectivity index (χ0) is 20.7. The van der Waals surface area contributed by atoms with Gasteiger partial charge < -0.3 is 10.2 Å². The average molecular weight is 408 g/mol. The van der Waals surface area contributed by atoms with Crippen molar-refractivity contribution in [1.29, 1.82) is 0 Å². The molecule has 0 heterocycles. The Morgan fingerprint density at radius 3 is 2.57 bits per heavy atom. The molecule has 0 bridgehead atoms. The molecule has 0 saturated heterocycles. The zero-order valence-corrected chi connectivity index (χ0v) is 17.1. The average Bonchev–Trinajstić information content (AvgIpc) is 2.65. The van der Waals surface area contributed by atoms with E-state index in [-0.39, 0.29) is 23.2 Å². The normalized spacial score (nSPS) is 11.3. The number of benzene rings is 2. The molecule has 1 amide bonds. The van der Waals surface area contributed by atoms with Crippen molar-refractivity contribution in [3.8, 4) is 0 Å². The minimum absolute atomic E-state index is 0.0596. The molecule has 2 N–H and O–H groups in total. The Bertz CT molecular complexity index is 932. The number of nitrogens with zero attached hydrogens (tertiary/aromatic N) is 1. The molecule has 0 radical (unpaired) electrons. The first-order chi connectivity index (χ1) is 13.3. The minimum atomic E-state index is -3.63. The number of carbonyl (C=O) groups excluding carboxylic acids is 1. The molecule has 0 unspecified atom stereocenters. The molecule has 8 heteroatoms. The van der Waals surface area contributed by atoms with E-state index < -0.39 is 10.0 Å². The fourth-order valence-electron chi connectivity index (χ4n) is 2.78. The van der Waals surface area contributed by atoms with Gasteiger partial charge in [0.2, 0.25) is 10.0 Å². The predicted molar refractivity (Wildman–Crippen MR) is 109 cm³/mol. The summed E-state index contributed by atoms with van der Waals surface area (Å²) in [5.41, 5.74) is 1.52. The second-order valence-corrected chi connectivity index (χ2v) is 8.23. The van der Waals surface area contributed by atoms with E-state index >= 15 is 0 Å². The van der Waals surface area contributed by atoms with Crippen molar-refractivity contribution >= 4 is 21.6 Å². The predicted octanol–water partition coefficient (Wildman–Crippen LogP) is 2.69. The number of anilines is 1. The molecule has 0 aliphatic carbocycles. The highest BCUT2D eigenvalue weighted by Gasteiger charge is 2.17. The summed E-state index contributed by atoms with van der Waals surface area (Å²) >= 11 is 0. The third-order valence-corrected chi connectivity index (χ3v) is 5.86. The molecule has 6 nitrogen and oxygen atoms in total. The largest absolute Gasteiger partial charge is 0.372 e. The second-order valence-electron chi connectivity index (χ2n) is 6.46. The molecule has 0 saturated carbocycles. The van der Waals surface area contributed by atoms with Gasteiger partial charge in [0.05, 0.1) is 10.6 Å². The lowest BCUT2D eigenvalue weighted by atomic mass is 10.1. The van der Waals surface area contributed by atoms with Gasteiger partial charge in [-0.3, -0.25) is 4.79 Å². The van der Waals surface area contributed by atoms with Crippen LogP contribution in [0.5, 0.6) is 0 Å². The summed E-state index contributed by atoms with van der Waals surface area (Å²) in [4.78, 5) is 14.3. The van der Waals surface area contributed by atoms with Crippen LogP contribution in [0, 0.1) is 12.7 Å². The minimum Gasteiger partial charge on any atom is -0.372 e. The molecule has 0 aliphatic rings. The standard InChI is InChI=1S/C20H26FN3O3S/c1-4-23-28(26,27)16-11-10-15(2)17(14-16)20(25)22-12-7-13-24(3)19-9-6-5-8-18(19)21/h5-6,8-11,14,23H,4,7,12-13H2,1-3H3,(H,22,25). The fourth-order valence-corrected chi connectivity index (χ4v) is 3.85. The summed E-state index contributed by atoms with van der Waals surface area (Å²) in [6.07, 6.45) is 0.616. The number of carbonyl (C=O) groups is 1. The third-order valence-electron chi connectivity index (χ3n) is 4.32. The van der Waals surface area contributed by atoms with Crippen LogP contribution in [0.1, 0.15) is 29.3 Å². The smallest absolute Gasteiger partial charge is 0.251 e. The van der Waals surface area contributed by atoms with E-state index in [0.29, 0.717) is 36.3 Å². The van der Waals surface area contributed by atoms with E-state index in [9.17, 15) is 17.6 Å². The van der Waals surface area contributed by atoms with Gasteiger partial charge in [0.15, 0.2) is 0 Å². The van der Waals surface area contributed by atoms with Gasteiger partial charge >= 0.3 is 0 Å². The molecular formula is C20H26FN3O3S. The highest BCUT2D eigenvalue weighted by Crippen LogP contribution is 2.17. The summed E-state index contributed by atoms with van der Waals surface area (Å²) < 4.78 is 40.5. The Hall–Kier alpha value is -2.45. The van der Waals surface area contributed by atoms with Gasteiger partial charge in [0, 0.05) is 32.2 Å². The first-order valence-corrected chi connectivity index (χ1v) is 10.6. The molecular weight excluding hydrogens is 381 g/mol. The van der Waals surface area contributed by atoms with E-state index in [2.05, 4.69) is 10.0 Å². The summed E-state index contributed by atoms with van der Waals surface area (Å²) in [5, 5.41) is 2.80. The molecule has 2 aromatic carbocycles. The summed E-state index contributed by atoms with van der Waals surface area (Å²) in [6, 6.07) is 11.0. The van der Waals surface area contributed by atoms with E-state index in [1.807, 2.05) is 0 Å². The lowest BCUT2D eigenvalue weighted by Crippen LogP contribution is -2.29. The number of aryl methyl sites for hydroxylation is 1. The summed E-state index contributed by atoms with van der Waals surface area (Å²) in [5.74, 6) is -0.622. The molecule has 0 atom stereocenters. The first kappa shape index (κ1) is 21.8. The van der Waals surface area contributed by atoms with E-state index in [1.165, 1.54) is 18.2 Å². The molecule has 2 rings (SSSR count). The number of rotatable bonds is 9. The first-order valence-electron chi connectivity index (χ1n) is 9.10. The maximum absolute atomic E-state index is 13.8. The Balaban J connectivity index is 1.95. The van der Waals surface area contributed by atoms with Crippen LogP contribution in [0.2, 0.25) is 0 Å². The molecule has 0 spiro atoms. The van der Waals surface area contributed by atoms with E-state index in [4.69, 9.17) is 0 Å². The van der Waals surface area contributed by atoms with Gasteiger partial charge in [-0.25, -0.2) is 17.5 Å². The monoisotopic (exact) mass is 407 g/mol. The quantitative estimate of drug-likeness (QED) is 0.627. The van der Waals surface area contributed by atoms with Crippen LogP contribution in [-0.4, -0.2) is 41.0 Å². The zero-order valence-electron chi connectivity index (χ0n) is 16.3. The molecule has 0 aromatic heterocycles. The van der Waals surface area contributed by atoms with Crippen LogP contribution in [-0.2, 0) is 10.0 Å². The fraction of sp³-hybridized carbons (Fsp3) is 0.350. The van der Waals surface area contributed by atoms with Crippen molar-refractivity contribution in [3.63, 3.8) is 0 Å². The number of nitrogens with one attached hydrogen (secondary N) is 2. The lowest BCUT2D eigenvalue weighted by molar-refractivity contribution is 0.0952. The topological polar surface area (TPSA) is 78.5 Å². The summed E-state index contributed by atoms with van der Waals surface area (Å²) in [6.45, 7) is 4.67. The van der Waals surface area contributed by atoms with Gasteiger partial charge in [0.1, 0.15) is 5.82 Å². The van der Waals surface area contributed by atoms with Crippen LogP contribution in [0.25, 0.3) is 0 Å². The molecule has 28 heavy (non-hydrogen) atoms. The van der Waals surface area contributed by atoms with Crippen LogP contribution >= 0.6 is 0 Å². The van der Waals surface area contributed by atoms with Gasteiger partial charge in [-0.05, 0) is 43.2 Å². The van der Waals surface area contributed by atoms with Crippen molar-refractivity contribution in [2.24, 2.45) is 0 Å². The van der Waals surface area contributed by atoms with Crippen molar-refractivity contribution in [2.45, 2.75) is 25.2 Å². The Labute approximate surface area is 165 Å². The molecule has 0 fully saturated rings. The highest BCUT2D eigenvalue weighted by atomic mass is 32.2. The molecule has 152 valence electrons. The van der Waals surface area contributed by atoms with Gasteiger partial charge in [0.25, 0.3) is 5.91 Å². The SMILES string of the molecule is CCNS(=O)(=O)c1ccc(C)c(C(=O)NCCCN(C)c2ccccc2F)c1. The molecule has 2 aromatic rings. The molecule has 0 aliphatic heterocycles. The Morgan fingerprint density at radius 1 is 1.18 bits per heavy atom. The van der Waals surface area contributed by atoms with Crippen LogP contribution in [0.4, 0.5) is 10.1 Å². The number of hydrogen-bond acceptors (Lipinski definition) is 4. The van der Waals surface area contributed by atoms with Gasteiger partial charge in [-0.1, -0.05) is 25.1 Å².